The fourth-order valence-corrected chi connectivity index (χ4v) is 2.73. The second-order valence-electron chi connectivity index (χ2n) is 5.22. The summed E-state index contributed by atoms with van der Waals surface area (Å²) >= 11 is 6.26. The highest BCUT2D eigenvalue weighted by molar-refractivity contribution is 6.31. The molecular weight excluding hydrogens is 298 g/mol. The number of amidine groups is 1. The summed E-state index contributed by atoms with van der Waals surface area (Å²) in [5, 5.41) is 5.17. The van der Waals surface area contributed by atoms with E-state index in [9.17, 15) is 0 Å². The highest BCUT2D eigenvalue weighted by atomic mass is 35.5. The maximum atomic E-state index is 6.26. The summed E-state index contributed by atoms with van der Waals surface area (Å²) in [7, 11) is 1.68. The van der Waals surface area contributed by atoms with Crippen LogP contribution in [-0.4, -0.2) is 19.6 Å². The molecule has 5 heteroatoms. The van der Waals surface area contributed by atoms with E-state index in [1.165, 1.54) is 5.56 Å². The van der Waals surface area contributed by atoms with Gasteiger partial charge in [-0.2, -0.15) is 5.10 Å². The Labute approximate surface area is 135 Å². The minimum atomic E-state index is 0.625. The number of benzene rings is 2. The summed E-state index contributed by atoms with van der Waals surface area (Å²) in [6.45, 7) is 2.69. The van der Waals surface area contributed by atoms with Gasteiger partial charge in [-0.15, -0.1) is 0 Å². The normalized spacial score (nSPS) is 13.8. The van der Waals surface area contributed by atoms with Crippen molar-refractivity contribution in [1.29, 1.82) is 0 Å². The Bertz CT molecular complexity index is 715. The monoisotopic (exact) mass is 315 g/mol. The summed E-state index contributed by atoms with van der Waals surface area (Å²) in [5.41, 5.74) is 6.30. The van der Waals surface area contributed by atoms with Crippen molar-refractivity contribution in [1.82, 2.24) is 5.43 Å². The van der Waals surface area contributed by atoms with Gasteiger partial charge in [0.05, 0.1) is 12.8 Å². The molecule has 3 rings (SSSR count). The fourth-order valence-electron chi connectivity index (χ4n) is 2.53. The van der Waals surface area contributed by atoms with E-state index in [4.69, 9.17) is 16.3 Å². The van der Waals surface area contributed by atoms with Crippen LogP contribution in [0.25, 0.3) is 0 Å². The first-order valence-electron chi connectivity index (χ1n) is 7.14. The number of anilines is 1. The van der Waals surface area contributed by atoms with Gasteiger partial charge in [-0.25, -0.2) is 0 Å². The maximum Gasteiger partial charge on any atom is 0.142 e. The molecule has 2 aromatic carbocycles. The van der Waals surface area contributed by atoms with Crippen LogP contribution in [0.1, 0.15) is 11.1 Å². The molecule has 0 unspecified atom stereocenters. The summed E-state index contributed by atoms with van der Waals surface area (Å²) in [4.78, 5) is 2.12. The zero-order valence-electron chi connectivity index (χ0n) is 12.6. The first kappa shape index (κ1) is 14.7. The van der Waals surface area contributed by atoms with Crippen molar-refractivity contribution >= 4 is 23.1 Å². The van der Waals surface area contributed by atoms with Gasteiger partial charge in [-0.3, -0.25) is 5.43 Å². The van der Waals surface area contributed by atoms with E-state index >= 15 is 0 Å². The Morgan fingerprint density at radius 2 is 2.09 bits per heavy atom. The van der Waals surface area contributed by atoms with Crippen molar-refractivity contribution < 1.29 is 4.74 Å². The number of nitrogens with zero attached hydrogens (tertiary/aromatic N) is 2. The highest BCUT2D eigenvalue weighted by Gasteiger charge is 2.22. The average Bonchev–Trinajstić information content (AvgIpc) is 2.97. The van der Waals surface area contributed by atoms with Crippen molar-refractivity contribution in [3.8, 4) is 5.75 Å². The molecule has 0 saturated heterocycles. The number of rotatable bonds is 4. The number of hydrazone groups is 1. The number of ether oxygens (including phenoxy) is 1. The Morgan fingerprint density at radius 1 is 1.27 bits per heavy atom. The van der Waals surface area contributed by atoms with Gasteiger partial charge in [-0.05, 0) is 36.2 Å². The van der Waals surface area contributed by atoms with Crippen LogP contribution in [0.15, 0.2) is 47.6 Å². The molecule has 0 aromatic heterocycles. The topological polar surface area (TPSA) is 36.9 Å². The van der Waals surface area contributed by atoms with E-state index in [-0.39, 0.29) is 0 Å². The van der Waals surface area contributed by atoms with Crippen LogP contribution >= 0.6 is 11.6 Å². The third-order valence-electron chi connectivity index (χ3n) is 3.68. The molecule has 0 amide bonds. The molecular formula is C17H18ClN3O. The quantitative estimate of drug-likeness (QED) is 0.937. The Kier molecular flexibility index (Phi) is 4.20. The van der Waals surface area contributed by atoms with Gasteiger partial charge < -0.3 is 9.64 Å². The van der Waals surface area contributed by atoms with Gasteiger partial charge in [0.2, 0.25) is 0 Å². The lowest BCUT2D eigenvalue weighted by atomic mass is 10.1. The molecule has 0 atom stereocenters. The molecule has 0 saturated carbocycles. The Hall–Kier alpha value is -2.20. The largest absolute Gasteiger partial charge is 0.495 e. The second-order valence-corrected chi connectivity index (χ2v) is 5.62. The molecule has 0 aliphatic carbocycles. The minimum Gasteiger partial charge on any atom is -0.495 e. The molecule has 1 aliphatic rings. The zero-order chi connectivity index (χ0) is 15.5. The van der Waals surface area contributed by atoms with Gasteiger partial charge in [0.1, 0.15) is 18.3 Å². The molecule has 1 heterocycles. The predicted molar refractivity (Wildman–Crippen MR) is 90.8 cm³/mol. The molecule has 22 heavy (non-hydrogen) atoms. The van der Waals surface area contributed by atoms with Crippen LogP contribution in [0.4, 0.5) is 5.69 Å². The lowest BCUT2D eigenvalue weighted by Gasteiger charge is -2.22. The maximum absolute atomic E-state index is 6.26. The number of hydrogen-bond donors (Lipinski definition) is 1. The molecule has 0 radical (unpaired) electrons. The van der Waals surface area contributed by atoms with Gasteiger partial charge in [-0.1, -0.05) is 35.9 Å². The van der Waals surface area contributed by atoms with E-state index in [2.05, 4.69) is 28.4 Å². The third kappa shape index (κ3) is 2.88. The van der Waals surface area contributed by atoms with Gasteiger partial charge >= 0.3 is 0 Å². The minimum absolute atomic E-state index is 0.625. The average molecular weight is 316 g/mol. The van der Waals surface area contributed by atoms with Crippen molar-refractivity contribution in [2.24, 2.45) is 5.10 Å². The zero-order valence-corrected chi connectivity index (χ0v) is 13.4. The molecule has 114 valence electrons. The summed E-state index contributed by atoms with van der Waals surface area (Å²) in [5.74, 6) is 1.76. The second kappa shape index (κ2) is 6.28. The molecule has 0 spiro atoms. The number of nitrogens with one attached hydrogen (secondary N) is 1. The molecule has 0 fully saturated rings. The predicted octanol–water partition coefficient (Wildman–Crippen LogP) is 3.58. The smallest absolute Gasteiger partial charge is 0.142 e. The fraction of sp³-hybridized carbons (Fsp3) is 0.235. The number of methoxy groups -OCH3 is 1. The van der Waals surface area contributed by atoms with E-state index in [1.54, 1.807) is 7.11 Å². The number of hydrogen-bond acceptors (Lipinski definition) is 4. The molecule has 2 aromatic rings. The van der Waals surface area contributed by atoms with Crippen molar-refractivity contribution in [2.75, 3.05) is 18.7 Å². The van der Waals surface area contributed by atoms with E-state index in [0.29, 0.717) is 13.1 Å². The van der Waals surface area contributed by atoms with Crippen molar-refractivity contribution in [3.05, 3.63) is 58.6 Å². The third-order valence-corrected chi connectivity index (χ3v) is 4.05. The molecule has 4 nitrogen and oxygen atoms in total. The first-order chi connectivity index (χ1) is 10.7. The van der Waals surface area contributed by atoms with Crippen molar-refractivity contribution in [3.63, 3.8) is 0 Å². The van der Waals surface area contributed by atoms with Crippen molar-refractivity contribution in [2.45, 2.75) is 13.3 Å². The van der Waals surface area contributed by atoms with Crippen LogP contribution in [0.2, 0.25) is 5.02 Å². The summed E-state index contributed by atoms with van der Waals surface area (Å²) in [6, 6.07) is 14.0. The van der Waals surface area contributed by atoms with Crippen LogP contribution in [0.3, 0.4) is 0 Å². The van der Waals surface area contributed by atoms with Gasteiger partial charge in [0, 0.05) is 11.4 Å². The lowest BCUT2D eigenvalue weighted by molar-refractivity contribution is 0.415. The standard InChI is InChI=1S/C17H18ClN3O/c1-12-7-8-16(22-2)15(9-12)21-11-19-20-17(21)10-13-5-3-4-6-14(13)18/h3-9,19H,10-11H2,1-2H3. The van der Waals surface area contributed by atoms with Crippen LogP contribution in [0.5, 0.6) is 5.75 Å². The number of aryl methyl sites for hydroxylation is 1. The van der Waals surface area contributed by atoms with Crippen LogP contribution < -0.4 is 15.1 Å². The van der Waals surface area contributed by atoms with Crippen LogP contribution in [0, 0.1) is 6.92 Å². The summed E-state index contributed by atoms with van der Waals surface area (Å²) < 4.78 is 5.48. The SMILES string of the molecule is COc1ccc(C)cc1N1CNN=C1Cc1ccccc1Cl. The van der Waals surface area contributed by atoms with Crippen LogP contribution in [-0.2, 0) is 6.42 Å². The number of halogens is 1. The highest BCUT2D eigenvalue weighted by Crippen LogP contribution is 2.31. The molecule has 1 aliphatic heterocycles. The van der Waals surface area contributed by atoms with E-state index < -0.39 is 0 Å². The van der Waals surface area contributed by atoms with Gasteiger partial charge in [0.25, 0.3) is 0 Å². The molecule has 1 N–H and O–H groups in total. The Morgan fingerprint density at radius 3 is 2.86 bits per heavy atom. The van der Waals surface area contributed by atoms with Gasteiger partial charge in [0.15, 0.2) is 0 Å². The lowest BCUT2D eigenvalue weighted by Crippen LogP contribution is -2.31. The first-order valence-corrected chi connectivity index (χ1v) is 7.52. The summed E-state index contributed by atoms with van der Waals surface area (Å²) in [6.07, 6.45) is 0.670. The Balaban J connectivity index is 1.91. The molecule has 0 bridgehead atoms. The van der Waals surface area contributed by atoms with E-state index in [1.807, 2.05) is 36.4 Å². The van der Waals surface area contributed by atoms with E-state index in [0.717, 1.165) is 27.9 Å².